The van der Waals surface area contributed by atoms with Crippen molar-refractivity contribution in [3.05, 3.63) is 53.7 Å². The highest BCUT2D eigenvalue weighted by Crippen LogP contribution is 2.23. The van der Waals surface area contributed by atoms with E-state index >= 15 is 0 Å². The molecule has 1 aromatic heterocycles. The third-order valence-corrected chi connectivity index (χ3v) is 2.35. The monoisotopic (exact) mass is 258 g/mol. The molecule has 0 aliphatic carbocycles. The zero-order valence-electron chi connectivity index (χ0n) is 9.74. The fraction of sp³-hybridized carbons (Fsp3) is 0. The summed E-state index contributed by atoms with van der Waals surface area (Å²) in [5.41, 5.74) is 5.49. The molecule has 6 nitrogen and oxygen atoms in total. The Kier molecular flexibility index (Phi) is 3.42. The summed E-state index contributed by atoms with van der Waals surface area (Å²) in [7, 11) is 0. The van der Waals surface area contributed by atoms with Gasteiger partial charge >= 0.3 is 5.97 Å². The Morgan fingerprint density at radius 3 is 2.47 bits per heavy atom. The number of nitrogens with zero attached hydrogens (tertiary/aromatic N) is 1. The van der Waals surface area contributed by atoms with Gasteiger partial charge in [-0.25, -0.2) is 9.78 Å². The first-order valence-electron chi connectivity index (χ1n) is 5.34. The number of carbonyl (C=O) groups excluding carboxylic acids is 1. The Morgan fingerprint density at radius 1 is 1.16 bits per heavy atom. The predicted octanol–water partition coefficient (Wildman–Crippen LogP) is 1.67. The molecule has 2 aromatic rings. The van der Waals surface area contributed by atoms with Crippen LogP contribution in [-0.2, 0) is 0 Å². The normalized spacial score (nSPS) is 9.89. The Bertz CT molecular complexity index is 623. The molecule has 0 aliphatic heterocycles. The summed E-state index contributed by atoms with van der Waals surface area (Å²) >= 11 is 0. The number of hydrogen-bond acceptors (Lipinski definition) is 4. The minimum Gasteiger partial charge on any atom is -0.478 e. The highest BCUT2D eigenvalue weighted by molar-refractivity contribution is 5.95. The second kappa shape index (κ2) is 5.18. The van der Waals surface area contributed by atoms with E-state index in [-0.39, 0.29) is 22.8 Å². The molecule has 0 radical (unpaired) electrons. The maximum atomic E-state index is 11.2. The van der Waals surface area contributed by atoms with Crippen LogP contribution in [0, 0.1) is 0 Å². The molecule has 0 atom stereocenters. The number of aromatic nitrogens is 1. The number of carboxylic acids is 1. The van der Waals surface area contributed by atoms with Crippen molar-refractivity contribution in [2.24, 2.45) is 5.73 Å². The minimum atomic E-state index is -1.07. The topological polar surface area (TPSA) is 103 Å². The van der Waals surface area contributed by atoms with Gasteiger partial charge in [0, 0.05) is 12.3 Å². The SMILES string of the molecule is NC(=O)c1ccccc1Oc1ccc(C(=O)O)cn1. The molecule has 96 valence electrons. The standard InChI is InChI=1S/C13H10N2O4/c14-12(16)9-3-1-2-4-10(9)19-11-6-5-8(7-15-11)13(17)18/h1-7H,(H2,14,16)(H,17,18). The molecule has 0 bridgehead atoms. The van der Waals surface area contributed by atoms with E-state index in [1.807, 2.05) is 0 Å². The van der Waals surface area contributed by atoms with Crippen molar-refractivity contribution >= 4 is 11.9 Å². The molecule has 0 fully saturated rings. The quantitative estimate of drug-likeness (QED) is 0.868. The van der Waals surface area contributed by atoms with Gasteiger partial charge in [-0.3, -0.25) is 4.79 Å². The van der Waals surface area contributed by atoms with E-state index < -0.39 is 11.9 Å². The van der Waals surface area contributed by atoms with Crippen molar-refractivity contribution < 1.29 is 19.4 Å². The van der Waals surface area contributed by atoms with Crippen molar-refractivity contribution in [3.8, 4) is 11.6 Å². The Labute approximate surface area is 108 Å². The Balaban J connectivity index is 2.26. The molecule has 19 heavy (non-hydrogen) atoms. The number of pyridine rings is 1. The molecule has 0 spiro atoms. The number of primary amides is 1. The van der Waals surface area contributed by atoms with Crippen LogP contribution >= 0.6 is 0 Å². The van der Waals surface area contributed by atoms with Crippen LogP contribution in [0.15, 0.2) is 42.6 Å². The lowest BCUT2D eigenvalue weighted by atomic mass is 10.2. The van der Waals surface area contributed by atoms with Gasteiger partial charge in [0.2, 0.25) is 5.88 Å². The number of rotatable bonds is 4. The summed E-state index contributed by atoms with van der Waals surface area (Å²) in [6.45, 7) is 0. The maximum absolute atomic E-state index is 11.2. The summed E-state index contributed by atoms with van der Waals surface area (Å²) < 4.78 is 5.40. The molecule has 0 aliphatic rings. The number of carboxylic acid groups (broad SMARTS) is 1. The summed E-state index contributed by atoms with van der Waals surface area (Å²) in [6, 6.07) is 9.22. The van der Waals surface area contributed by atoms with E-state index in [4.69, 9.17) is 15.6 Å². The van der Waals surface area contributed by atoms with E-state index in [2.05, 4.69) is 4.98 Å². The van der Waals surface area contributed by atoms with Crippen LogP contribution in [0.4, 0.5) is 0 Å². The largest absolute Gasteiger partial charge is 0.478 e. The van der Waals surface area contributed by atoms with Crippen LogP contribution in [0.1, 0.15) is 20.7 Å². The zero-order chi connectivity index (χ0) is 13.8. The second-order valence-corrected chi connectivity index (χ2v) is 3.65. The van der Waals surface area contributed by atoms with Crippen LogP contribution in [0.25, 0.3) is 0 Å². The third-order valence-electron chi connectivity index (χ3n) is 2.35. The third kappa shape index (κ3) is 2.86. The van der Waals surface area contributed by atoms with Gasteiger partial charge in [0.05, 0.1) is 11.1 Å². The van der Waals surface area contributed by atoms with E-state index in [1.54, 1.807) is 18.2 Å². The van der Waals surface area contributed by atoms with Gasteiger partial charge in [0.1, 0.15) is 5.75 Å². The van der Waals surface area contributed by atoms with E-state index in [9.17, 15) is 9.59 Å². The molecule has 0 unspecified atom stereocenters. The van der Waals surface area contributed by atoms with Gasteiger partial charge in [0.25, 0.3) is 5.91 Å². The van der Waals surface area contributed by atoms with Crippen molar-refractivity contribution in [2.45, 2.75) is 0 Å². The fourth-order valence-electron chi connectivity index (χ4n) is 1.44. The molecule has 1 heterocycles. The van der Waals surface area contributed by atoms with Gasteiger partial charge in [-0.05, 0) is 18.2 Å². The fourth-order valence-corrected chi connectivity index (χ4v) is 1.44. The molecule has 0 saturated carbocycles. The number of hydrogen-bond donors (Lipinski definition) is 2. The molecular weight excluding hydrogens is 248 g/mol. The first kappa shape index (κ1) is 12.6. The average molecular weight is 258 g/mol. The summed E-state index contributed by atoms with van der Waals surface area (Å²) in [5, 5.41) is 8.74. The molecule has 2 rings (SSSR count). The van der Waals surface area contributed by atoms with Crippen molar-refractivity contribution in [1.29, 1.82) is 0 Å². The van der Waals surface area contributed by atoms with Gasteiger partial charge in [0.15, 0.2) is 0 Å². The van der Waals surface area contributed by atoms with E-state index in [1.165, 1.54) is 24.4 Å². The number of amides is 1. The van der Waals surface area contributed by atoms with Crippen LogP contribution in [-0.4, -0.2) is 22.0 Å². The lowest BCUT2D eigenvalue weighted by Gasteiger charge is -2.07. The highest BCUT2D eigenvalue weighted by atomic mass is 16.5. The molecule has 0 saturated heterocycles. The smallest absolute Gasteiger partial charge is 0.337 e. The van der Waals surface area contributed by atoms with Crippen LogP contribution in [0.2, 0.25) is 0 Å². The number of para-hydroxylation sites is 1. The first-order valence-corrected chi connectivity index (χ1v) is 5.34. The lowest BCUT2D eigenvalue weighted by molar-refractivity contribution is 0.0696. The van der Waals surface area contributed by atoms with Gasteiger partial charge in [-0.15, -0.1) is 0 Å². The van der Waals surface area contributed by atoms with Crippen LogP contribution in [0.5, 0.6) is 11.6 Å². The number of nitrogens with two attached hydrogens (primary N) is 1. The van der Waals surface area contributed by atoms with Gasteiger partial charge in [-0.1, -0.05) is 12.1 Å². The summed E-state index contributed by atoms with van der Waals surface area (Å²) in [5.74, 6) is -1.24. The van der Waals surface area contributed by atoms with Crippen LogP contribution in [0.3, 0.4) is 0 Å². The van der Waals surface area contributed by atoms with Crippen molar-refractivity contribution in [3.63, 3.8) is 0 Å². The zero-order valence-corrected chi connectivity index (χ0v) is 9.74. The summed E-state index contributed by atoms with van der Waals surface area (Å²) in [6.07, 6.45) is 1.17. The minimum absolute atomic E-state index is 0.0514. The second-order valence-electron chi connectivity index (χ2n) is 3.65. The first-order chi connectivity index (χ1) is 9.08. The Morgan fingerprint density at radius 2 is 1.89 bits per heavy atom. The summed E-state index contributed by atoms with van der Waals surface area (Å²) in [4.78, 5) is 25.7. The van der Waals surface area contributed by atoms with Gasteiger partial charge in [-0.2, -0.15) is 0 Å². The molecular formula is C13H10N2O4. The molecule has 1 aromatic carbocycles. The number of carbonyl (C=O) groups is 2. The molecule has 1 amide bonds. The molecule has 6 heteroatoms. The number of aromatic carboxylic acids is 1. The molecule has 3 N–H and O–H groups in total. The number of benzene rings is 1. The van der Waals surface area contributed by atoms with Crippen molar-refractivity contribution in [2.75, 3.05) is 0 Å². The average Bonchev–Trinajstić information content (AvgIpc) is 2.39. The lowest BCUT2D eigenvalue weighted by Crippen LogP contribution is -2.12. The predicted molar refractivity (Wildman–Crippen MR) is 66.2 cm³/mol. The number of ether oxygens (including phenoxy) is 1. The van der Waals surface area contributed by atoms with E-state index in [0.29, 0.717) is 0 Å². The maximum Gasteiger partial charge on any atom is 0.337 e. The highest BCUT2D eigenvalue weighted by Gasteiger charge is 2.10. The van der Waals surface area contributed by atoms with E-state index in [0.717, 1.165) is 0 Å². The van der Waals surface area contributed by atoms with Gasteiger partial charge < -0.3 is 15.6 Å². The van der Waals surface area contributed by atoms with Crippen molar-refractivity contribution in [1.82, 2.24) is 4.98 Å². The Hall–Kier alpha value is -2.89. The van der Waals surface area contributed by atoms with Crippen LogP contribution < -0.4 is 10.5 Å².